The highest BCUT2D eigenvalue weighted by Gasteiger charge is 2.37. The van der Waals surface area contributed by atoms with Crippen molar-refractivity contribution in [2.45, 2.75) is 5.60 Å². The molecular formula is C25H17Cl3N4O. The van der Waals surface area contributed by atoms with Gasteiger partial charge in [0.05, 0.1) is 22.4 Å². The number of hydrogen-bond acceptors (Lipinski definition) is 4. The first-order valence-electron chi connectivity index (χ1n) is 10.1. The summed E-state index contributed by atoms with van der Waals surface area (Å²) in [4.78, 5) is 4.55. The predicted molar refractivity (Wildman–Crippen MR) is 132 cm³/mol. The largest absolute Gasteiger partial charge is 0.374 e. The molecule has 0 aliphatic heterocycles. The molecule has 164 valence electrons. The van der Waals surface area contributed by atoms with Crippen LogP contribution in [0.5, 0.6) is 0 Å². The van der Waals surface area contributed by atoms with E-state index in [2.05, 4.69) is 15.3 Å². The maximum Gasteiger partial charge on any atom is 0.158 e. The maximum atomic E-state index is 12.1. The molecule has 0 saturated carbocycles. The molecule has 0 bridgehead atoms. The fourth-order valence-corrected chi connectivity index (χ4v) is 4.86. The van der Waals surface area contributed by atoms with E-state index in [0.29, 0.717) is 48.5 Å². The van der Waals surface area contributed by atoms with Crippen LogP contribution in [-0.4, -0.2) is 25.1 Å². The number of halogens is 3. The van der Waals surface area contributed by atoms with Gasteiger partial charge in [-0.1, -0.05) is 88.5 Å². The fraction of sp³-hybridized carbons (Fsp3) is 0.0800. The van der Waals surface area contributed by atoms with Crippen LogP contribution in [0.2, 0.25) is 15.2 Å². The fourth-order valence-electron chi connectivity index (χ4n) is 4.04. The topological polar surface area (TPSA) is 63.8 Å². The van der Waals surface area contributed by atoms with Gasteiger partial charge in [0.1, 0.15) is 5.15 Å². The van der Waals surface area contributed by atoms with Gasteiger partial charge < -0.3 is 5.11 Å². The van der Waals surface area contributed by atoms with Gasteiger partial charge in [0, 0.05) is 23.0 Å². The average molecular weight is 496 g/mol. The van der Waals surface area contributed by atoms with Crippen molar-refractivity contribution in [1.29, 1.82) is 0 Å². The summed E-state index contributed by atoms with van der Waals surface area (Å²) in [7, 11) is 1.73. The molecule has 0 saturated heterocycles. The third kappa shape index (κ3) is 3.67. The van der Waals surface area contributed by atoms with Crippen LogP contribution in [-0.2, 0) is 12.6 Å². The summed E-state index contributed by atoms with van der Waals surface area (Å²) in [6.45, 7) is 0. The second-order valence-electron chi connectivity index (χ2n) is 7.65. The van der Waals surface area contributed by atoms with Crippen LogP contribution in [0.1, 0.15) is 16.8 Å². The summed E-state index contributed by atoms with van der Waals surface area (Å²) >= 11 is 19.5. The number of aryl methyl sites for hydroxylation is 1. The van der Waals surface area contributed by atoms with Crippen molar-refractivity contribution in [3.05, 3.63) is 111 Å². The molecule has 8 heteroatoms. The van der Waals surface area contributed by atoms with E-state index in [1.165, 1.54) is 10.9 Å². The lowest BCUT2D eigenvalue weighted by molar-refractivity contribution is 0.116. The van der Waals surface area contributed by atoms with Crippen molar-refractivity contribution in [1.82, 2.24) is 20.0 Å². The highest BCUT2D eigenvalue weighted by Crippen LogP contribution is 2.42. The van der Waals surface area contributed by atoms with Crippen LogP contribution >= 0.6 is 34.8 Å². The second kappa shape index (κ2) is 8.43. The van der Waals surface area contributed by atoms with Crippen LogP contribution in [0, 0.1) is 0 Å². The normalized spacial score (nSPS) is 13.2. The van der Waals surface area contributed by atoms with Gasteiger partial charge >= 0.3 is 0 Å². The van der Waals surface area contributed by atoms with E-state index in [9.17, 15) is 5.11 Å². The third-order valence-electron chi connectivity index (χ3n) is 5.70. The van der Waals surface area contributed by atoms with Crippen molar-refractivity contribution in [2.75, 3.05) is 0 Å². The lowest BCUT2D eigenvalue weighted by atomic mass is 9.83. The smallest absolute Gasteiger partial charge is 0.158 e. The predicted octanol–water partition coefficient (Wildman–Crippen LogP) is 6.27. The lowest BCUT2D eigenvalue weighted by Gasteiger charge is -2.29. The Labute approximate surface area is 205 Å². The number of nitrogens with zero attached hydrogens (tertiary/aromatic N) is 4. The quantitative estimate of drug-likeness (QED) is 0.298. The summed E-state index contributed by atoms with van der Waals surface area (Å²) < 4.78 is 1.54. The van der Waals surface area contributed by atoms with Gasteiger partial charge in [-0.2, -0.15) is 0 Å². The zero-order valence-corrected chi connectivity index (χ0v) is 19.6. The van der Waals surface area contributed by atoms with Crippen molar-refractivity contribution in [3.8, 4) is 11.1 Å². The van der Waals surface area contributed by atoms with Crippen molar-refractivity contribution < 1.29 is 5.11 Å². The molecule has 1 atom stereocenters. The molecule has 0 amide bonds. The second-order valence-corrected chi connectivity index (χ2v) is 8.82. The molecule has 5 aromatic rings. The van der Waals surface area contributed by atoms with Gasteiger partial charge in [-0.25, -0.2) is 9.67 Å². The van der Waals surface area contributed by atoms with Gasteiger partial charge in [0.15, 0.2) is 5.60 Å². The minimum Gasteiger partial charge on any atom is -0.374 e. The Morgan fingerprint density at radius 3 is 2.24 bits per heavy atom. The average Bonchev–Trinajstić information content (AvgIpc) is 3.26. The molecule has 1 unspecified atom stereocenters. The van der Waals surface area contributed by atoms with Crippen LogP contribution in [0.25, 0.3) is 22.0 Å². The summed E-state index contributed by atoms with van der Waals surface area (Å²) in [6.07, 6.45) is 1.54. The van der Waals surface area contributed by atoms with Crippen molar-refractivity contribution in [2.24, 2.45) is 7.05 Å². The first-order valence-corrected chi connectivity index (χ1v) is 11.2. The summed E-state index contributed by atoms with van der Waals surface area (Å²) in [6, 6.07) is 22.0. The van der Waals surface area contributed by atoms with Crippen LogP contribution < -0.4 is 0 Å². The van der Waals surface area contributed by atoms with E-state index in [1.807, 2.05) is 36.4 Å². The molecular weight excluding hydrogens is 479 g/mol. The van der Waals surface area contributed by atoms with Crippen LogP contribution in [0.15, 0.2) is 79.0 Å². The number of rotatable bonds is 4. The van der Waals surface area contributed by atoms with E-state index in [1.54, 1.807) is 43.4 Å². The third-order valence-corrected chi connectivity index (χ3v) is 6.62. The van der Waals surface area contributed by atoms with E-state index in [-0.39, 0.29) is 0 Å². The molecule has 5 rings (SSSR count). The number of aliphatic hydroxyl groups is 1. The van der Waals surface area contributed by atoms with Gasteiger partial charge in [0.2, 0.25) is 0 Å². The molecule has 0 spiro atoms. The standard InChI is InChI=1S/C25H17Cl3N4O/c1-32-21(14-29-31-32)25(33,16-7-10-18(26)11-8-16)17-9-12-20-19(13-17)23(27)22(24(28)30-20)15-5-3-2-4-6-15/h2-14,33H,1H3. The minimum atomic E-state index is -1.56. The number of fused-ring (bicyclic) bond motifs is 1. The van der Waals surface area contributed by atoms with Crippen molar-refractivity contribution >= 4 is 45.7 Å². The molecule has 0 radical (unpaired) electrons. The molecule has 0 aliphatic rings. The number of pyridine rings is 1. The lowest BCUT2D eigenvalue weighted by Crippen LogP contribution is -2.31. The highest BCUT2D eigenvalue weighted by molar-refractivity contribution is 6.42. The molecule has 2 heterocycles. The number of hydrogen-bond donors (Lipinski definition) is 1. The zero-order valence-electron chi connectivity index (χ0n) is 17.4. The Morgan fingerprint density at radius 1 is 0.879 bits per heavy atom. The minimum absolute atomic E-state index is 0.315. The Morgan fingerprint density at radius 2 is 1.58 bits per heavy atom. The Hall–Kier alpha value is -2.96. The monoisotopic (exact) mass is 494 g/mol. The first-order chi connectivity index (χ1) is 15.9. The van der Waals surface area contributed by atoms with Crippen LogP contribution in [0.3, 0.4) is 0 Å². The summed E-state index contributed by atoms with van der Waals surface area (Å²) in [5, 5.41) is 22.1. The van der Waals surface area contributed by atoms with E-state index < -0.39 is 5.60 Å². The number of aromatic nitrogens is 4. The van der Waals surface area contributed by atoms with E-state index >= 15 is 0 Å². The SMILES string of the molecule is Cn1nncc1C(O)(c1ccc(Cl)cc1)c1ccc2nc(Cl)c(-c3ccccc3)c(Cl)c2c1. The zero-order chi connectivity index (χ0) is 23.2. The van der Waals surface area contributed by atoms with Gasteiger partial charge in [-0.05, 0) is 41.0 Å². The Kier molecular flexibility index (Phi) is 5.59. The molecule has 3 aromatic carbocycles. The van der Waals surface area contributed by atoms with E-state index in [4.69, 9.17) is 34.8 Å². The Bertz CT molecular complexity index is 1470. The molecule has 1 N–H and O–H groups in total. The van der Waals surface area contributed by atoms with Gasteiger partial charge in [0.25, 0.3) is 0 Å². The van der Waals surface area contributed by atoms with Gasteiger partial charge in [-0.15, -0.1) is 5.10 Å². The summed E-state index contributed by atoms with van der Waals surface area (Å²) in [5.41, 5.74) is 2.23. The molecule has 5 nitrogen and oxygen atoms in total. The summed E-state index contributed by atoms with van der Waals surface area (Å²) in [5.74, 6) is 0. The van der Waals surface area contributed by atoms with Crippen LogP contribution in [0.4, 0.5) is 0 Å². The van der Waals surface area contributed by atoms with Crippen molar-refractivity contribution in [3.63, 3.8) is 0 Å². The Balaban J connectivity index is 1.78. The highest BCUT2D eigenvalue weighted by atomic mass is 35.5. The van der Waals surface area contributed by atoms with E-state index in [0.717, 1.165) is 5.56 Å². The molecule has 0 fully saturated rings. The maximum absolute atomic E-state index is 12.1. The molecule has 2 aromatic heterocycles. The molecule has 33 heavy (non-hydrogen) atoms. The molecule has 0 aliphatic carbocycles. The number of benzene rings is 3. The van der Waals surface area contributed by atoms with Gasteiger partial charge in [-0.3, -0.25) is 0 Å². The first kappa shape index (κ1) is 21.9.